The Bertz CT molecular complexity index is 1120. The Kier molecular flexibility index (Phi) is 5.27. The lowest BCUT2D eigenvalue weighted by Crippen LogP contribution is -2.10. The van der Waals surface area contributed by atoms with Gasteiger partial charge in [0.25, 0.3) is 0 Å². The van der Waals surface area contributed by atoms with Gasteiger partial charge in [0, 0.05) is 11.1 Å². The van der Waals surface area contributed by atoms with Gasteiger partial charge in [-0.15, -0.1) is 10.2 Å². The van der Waals surface area contributed by atoms with Gasteiger partial charge in [-0.05, 0) is 58.9 Å². The Balaban J connectivity index is 1.53. The molecule has 0 amide bonds. The molecule has 4 rings (SSSR count). The zero-order chi connectivity index (χ0) is 21.3. The van der Waals surface area contributed by atoms with Gasteiger partial charge in [-0.25, -0.2) is 0 Å². The minimum absolute atomic E-state index is 0.108. The SMILES string of the molecule is C[C@@H](O)c1ccc(-c2ccc(-c3nnc(-c4ccc(C(C)(C)C)cc4)o3)cc2)cc1. The standard InChI is InChI=1S/C26H26N2O2/c1-17(29)18-5-7-19(8-6-18)20-9-11-21(12-10-20)24-27-28-25(30-24)22-13-15-23(16-14-22)26(2,3)4/h5-17,29H,1-4H3/t17-/m1/s1. The smallest absolute Gasteiger partial charge is 0.248 e. The van der Waals surface area contributed by atoms with E-state index in [1.165, 1.54) is 5.56 Å². The van der Waals surface area contributed by atoms with Crippen LogP contribution in [0.15, 0.2) is 77.2 Å². The molecule has 3 aromatic carbocycles. The van der Waals surface area contributed by atoms with E-state index >= 15 is 0 Å². The van der Waals surface area contributed by atoms with E-state index in [4.69, 9.17) is 4.42 Å². The molecule has 4 nitrogen and oxygen atoms in total. The first-order valence-electron chi connectivity index (χ1n) is 10.1. The number of hydrogen-bond acceptors (Lipinski definition) is 4. The highest BCUT2D eigenvalue weighted by Crippen LogP contribution is 2.29. The van der Waals surface area contributed by atoms with Crippen LogP contribution in [0.25, 0.3) is 34.0 Å². The van der Waals surface area contributed by atoms with Crippen molar-refractivity contribution in [2.75, 3.05) is 0 Å². The van der Waals surface area contributed by atoms with Crippen LogP contribution in [0.2, 0.25) is 0 Å². The molecule has 1 heterocycles. The average Bonchev–Trinajstić information content (AvgIpc) is 3.24. The van der Waals surface area contributed by atoms with Crippen LogP contribution in [0.3, 0.4) is 0 Å². The minimum Gasteiger partial charge on any atom is -0.416 e. The quantitative estimate of drug-likeness (QED) is 0.431. The van der Waals surface area contributed by atoms with Crippen molar-refractivity contribution >= 4 is 0 Å². The van der Waals surface area contributed by atoms with Crippen molar-refractivity contribution in [3.05, 3.63) is 83.9 Å². The lowest BCUT2D eigenvalue weighted by atomic mass is 9.87. The number of rotatable bonds is 4. The normalized spacial score (nSPS) is 12.7. The van der Waals surface area contributed by atoms with Gasteiger partial charge in [0.15, 0.2) is 0 Å². The molecule has 0 aliphatic heterocycles. The summed E-state index contributed by atoms with van der Waals surface area (Å²) in [6.07, 6.45) is -0.460. The van der Waals surface area contributed by atoms with E-state index in [0.29, 0.717) is 11.8 Å². The first-order valence-corrected chi connectivity index (χ1v) is 10.1. The molecule has 1 aromatic heterocycles. The zero-order valence-electron chi connectivity index (χ0n) is 17.8. The van der Waals surface area contributed by atoms with Crippen LogP contribution < -0.4 is 0 Å². The van der Waals surface area contributed by atoms with Gasteiger partial charge in [0.1, 0.15) is 0 Å². The van der Waals surface area contributed by atoms with Gasteiger partial charge in [-0.3, -0.25) is 0 Å². The molecule has 0 unspecified atom stereocenters. The lowest BCUT2D eigenvalue weighted by Gasteiger charge is -2.18. The highest BCUT2D eigenvalue weighted by molar-refractivity contribution is 5.68. The molecular weight excluding hydrogens is 372 g/mol. The minimum atomic E-state index is -0.460. The number of aliphatic hydroxyl groups is 1. The van der Waals surface area contributed by atoms with Crippen molar-refractivity contribution in [3.63, 3.8) is 0 Å². The molecule has 0 spiro atoms. The number of aliphatic hydroxyl groups excluding tert-OH is 1. The third kappa shape index (κ3) is 4.19. The summed E-state index contributed by atoms with van der Waals surface area (Å²) in [7, 11) is 0. The van der Waals surface area contributed by atoms with E-state index in [1.54, 1.807) is 6.92 Å². The Morgan fingerprint density at radius 3 is 1.50 bits per heavy atom. The number of aromatic nitrogens is 2. The van der Waals surface area contributed by atoms with Crippen LogP contribution in [-0.4, -0.2) is 15.3 Å². The van der Waals surface area contributed by atoms with Crippen LogP contribution in [0.4, 0.5) is 0 Å². The van der Waals surface area contributed by atoms with Crippen molar-refractivity contribution in [2.24, 2.45) is 0 Å². The molecule has 0 radical (unpaired) electrons. The van der Waals surface area contributed by atoms with Crippen LogP contribution in [-0.2, 0) is 5.41 Å². The second kappa shape index (κ2) is 7.88. The third-order valence-electron chi connectivity index (χ3n) is 5.28. The third-order valence-corrected chi connectivity index (χ3v) is 5.28. The number of benzene rings is 3. The van der Waals surface area contributed by atoms with Crippen molar-refractivity contribution in [3.8, 4) is 34.0 Å². The summed E-state index contributed by atoms with van der Waals surface area (Å²) in [6.45, 7) is 8.34. The van der Waals surface area contributed by atoms with Crippen molar-refractivity contribution in [1.29, 1.82) is 0 Å². The molecule has 1 atom stereocenters. The van der Waals surface area contributed by atoms with Crippen molar-refractivity contribution in [2.45, 2.75) is 39.2 Å². The number of nitrogens with zero attached hydrogens (tertiary/aromatic N) is 2. The van der Waals surface area contributed by atoms with Gasteiger partial charge in [-0.1, -0.05) is 69.3 Å². The Labute approximate surface area is 177 Å². The molecule has 0 bridgehead atoms. The summed E-state index contributed by atoms with van der Waals surface area (Å²) in [5, 5.41) is 18.1. The van der Waals surface area contributed by atoms with Crippen molar-refractivity contribution in [1.82, 2.24) is 10.2 Å². The summed E-state index contributed by atoms with van der Waals surface area (Å²) >= 11 is 0. The van der Waals surface area contributed by atoms with Gasteiger partial charge < -0.3 is 9.52 Å². The van der Waals surface area contributed by atoms with E-state index in [0.717, 1.165) is 27.8 Å². The molecule has 30 heavy (non-hydrogen) atoms. The van der Waals surface area contributed by atoms with Gasteiger partial charge in [0.05, 0.1) is 6.10 Å². The molecule has 0 saturated carbocycles. The summed E-state index contributed by atoms with van der Waals surface area (Å²) in [4.78, 5) is 0. The molecule has 4 heteroatoms. The van der Waals surface area contributed by atoms with E-state index in [1.807, 2.05) is 60.7 Å². The summed E-state index contributed by atoms with van der Waals surface area (Å²) in [6, 6.07) is 24.2. The second-order valence-electron chi connectivity index (χ2n) is 8.62. The predicted octanol–water partition coefficient (Wildman–Crippen LogP) is 6.42. The first-order chi connectivity index (χ1) is 14.3. The maximum absolute atomic E-state index is 9.66. The van der Waals surface area contributed by atoms with Gasteiger partial charge >= 0.3 is 0 Å². The zero-order valence-corrected chi connectivity index (χ0v) is 17.8. The second-order valence-corrected chi connectivity index (χ2v) is 8.62. The molecular formula is C26H26N2O2. The maximum Gasteiger partial charge on any atom is 0.248 e. The molecule has 0 saturated heterocycles. The van der Waals surface area contributed by atoms with Crippen LogP contribution in [0, 0.1) is 0 Å². The fourth-order valence-electron chi connectivity index (χ4n) is 3.33. The van der Waals surface area contributed by atoms with Crippen LogP contribution in [0.5, 0.6) is 0 Å². The highest BCUT2D eigenvalue weighted by Gasteiger charge is 2.15. The summed E-state index contributed by atoms with van der Waals surface area (Å²) < 4.78 is 5.92. The predicted molar refractivity (Wildman–Crippen MR) is 120 cm³/mol. The lowest BCUT2D eigenvalue weighted by molar-refractivity contribution is 0.199. The van der Waals surface area contributed by atoms with Crippen molar-refractivity contribution < 1.29 is 9.52 Å². The molecule has 0 aliphatic rings. The van der Waals surface area contributed by atoms with E-state index in [-0.39, 0.29) is 5.41 Å². The fourth-order valence-corrected chi connectivity index (χ4v) is 3.33. The molecule has 0 aliphatic carbocycles. The Morgan fingerprint density at radius 2 is 1.07 bits per heavy atom. The van der Waals surface area contributed by atoms with Crippen LogP contribution in [0.1, 0.15) is 44.9 Å². The maximum atomic E-state index is 9.66. The molecule has 0 fully saturated rings. The summed E-state index contributed by atoms with van der Waals surface area (Å²) in [5.41, 5.74) is 6.26. The van der Waals surface area contributed by atoms with Gasteiger partial charge in [0.2, 0.25) is 11.8 Å². The van der Waals surface area contributed by atoms with Gasteiger partial charge in [-0.2, -0.15) is 0 Å². The van der Waals surface area contributed by atoms with E-state index in [2.05, 4.69) is 43.1 Å². The van der Waals surface area contributed by atoms with E-state index < -0.39 is 6.10 Å². The largest absolute Gasteiger partial charge is 0.416 e. The Morgan fingerprint density at radius 1 is 0.667 bits per heavy atom. The first kappa shape index (κ1) is 20.0. The number of hydrogen-bond donors (Lipinski definition) is 1. The average molecular weight is 399 g/mol. The topological polar surface area (TPSA) is 59.2 Å². The van der Waals surface area contributed by atoms with E-state index in [9.17, 15) is 5.11 Å². The Hall–Kier alpha value is -3.24. The summed E-state index contributed by atoms with van der Waals surface area (Å²) in [5.74, 6) is 1.02. The fraction of sp³-hybridized carbons (Fsp3) is 0.231. The molecule has 152 valence electrons. The van der Waals surface area contributed by atoms with Crippen LogP contribution >= 0.6 is 0 Å². The molecule has 1 N–H and O–H groups in total. The highest BCUT2D eigenvalue weighted by atomic mass is 16.4. The monoisotopic (exact) mass is 398 g/mol. The molecule has 4 aromatic rings.